The molecule has 3 aromatic carbocycles. The molecule has 3 N–H and O–H groups in total. The normalized spacial score (nSPS) is 21.8. The Balaban J connectivity index is 1.25. The van der Waals surface area contributed by atoms with Gasteiger partial charge < -0.3 is 30.1 Å². The molecule has 2 heterocycles. The number of aliphatic hydroxyl groups is 1. The third-order valence-corrected chi connectivity index (χ3v) is 9.95. The van der Waals surface area contributed by atoms with Crippen molar-refractivity contribution in [1.29, 1.82) is 0 Å². The fraction of sp³-hybridized carbons (Fsp3) is 0.512. The second kappa shape index (κ2) is 19.0. The Morgan fingerprint density at radius 2 is 1.51 bits per heavy atom. The van der Waals surface area contributed by atoms with E-state index in [1.807, 2.05) is 24.3 Å². The molecule has 2 aliphatic heterocycles. The maximum Gasteiger partial charge on any atom is 0.220 e. The number of hydrogen-bond donors (Lipinski definition) is 3. The third-order valence-electron chi connectivity index (χ3n) is 9.95. The summed E-state index contributed by atoms with van der Waals surface area (Å²) in [5, 5.41) is 15.5. The van der Waals surface area contributed by atoms with E-state index in [4.69, 9.17) is 9.47 Å². The molecule has 0 unspecified atom stereocenters. The first-order chi connectivity index (χ1) is 23.9. The van der Waals surface area contributed by atoms with E-state index in [2.05, 4.69) is 71.0 Å². The largest absolute Gasteiger partial charge is 0.392 e. The minimum absolute atomic E-state index is 0.0157. The molecule has 5 rings (SSSR count). The van der Waals surface area contributed by atoms with Gasteiger partial charge in [0.1, 0.15) is 0 Å². The summed E-state index contributed by atoms with van der Waals surface area (Å²) in [6.45, 7) is 8.01. The van der Waals surface area contributed by atoms with Gasteiger partial charge in [-0.2, -0.15) is 0 Å². The molecule has 2 aliphatic rings. The minimum Gasteiger partial charge on any atom is -0.392 e. The molecule has 2 fully saturated rings. The average molecular weight is 670 g/mol. The molecule has 8 heteroatoms. The standard InChI is InChI=1S/C41H55N3O5/c1-30-38(28-44-25-11-4-3-5-12-26-44)48-41(49-40(30)34-18-16-32(29-45)17-19-34)35-22-20-33(21-23-35)37-14-9-8-13-36(37)27-43-39(47)15-7-6-10-24-42-31(2)46/h8-9,13-14,16-23,30,38,40-41,45H,3-7,10-12,15,24-29H2,1-2H3,(H,42,46)(H,43,47)/t30-,38+,40+,41+/m1/s1. The van der Waals surface area contributed by atoms with Gasteiger partial charge >= 0.3 is 0 Å². The highest BCUT2D eigenvalue weighted by Gasteiger charge is 2.39. The Kier molecular flexibility index (Phi) is 14.2. The van der Waals surface area contributed by atoms with Crippen molar-refractivity contribution in [2.75, 3.05) is 26.2 Å². The van der Waals surface area contributed by atoms with Gasteiger partial charge in [-0.3, -0.25) is 9.59 Å². The van der Waals surface area contributed by atoms with Crippen LogP contribution in [0.2, 0.25) is 0 Å². The highest BCUT2D eigenvalue weighted by molar-refractivity contribution is 5.76. The molecule has 0 saturated carbocycles. The highest BCUT2D eigenvalue weighted by Crippen LogP contribution is 2.42. The van der Waals surface area contributed by atoms with E-state index in [1.54, 1.807) is 0 Å². The number of aliphatic hydroxyl groups excluding tert-OH is 1. The number of amides is 2. The van der Waals surface area contributed by atoms with E-state index < -0.39 is 6.29 Å². The summed E-state index contributed by atoms with van der Waals surface area (Å²) in [5.41, 5.74) is 6.20. The molecule has 0 spiro atoms. The SMILES string of the molecule is CC(=O)NCCCCCC(=O)NCc1ccccc1-c1ccc([C@H]2O[C@@H](CN3CCCCCCC3)[C@@H](C)[C@@H](c3ccc(CO)cc3)O2)cc1. The van der Waals surface area contributed by atoms with Crippen LogP contribution in [-0.4, -0.2) is 54.1 Å². The monoisotopic (exact) mass is 669 g/mol. The van der Waals surface area contributed by atoms with Crippen molar-refractivity contribution in [3.8, 4) is 11.1 Å². The molecule has 2 saturated heterocycles. The van der Waals surface area contributed by atoms with Gasteiger partial charge in [0, 0.05) is 44.5 Å². The molecular weight excluding hydrogens is 614 g/mol. The second-order valence-electron chi connectivity index (χ2n) is 13.7. The first kappa shape index (κ1) is 36.7. The molecule has 264 valence electrons. The lowest BCUT2D eigenvalue weighted by Crippen LogP contribution is -2.45. The van der Waals surface area contributed by atoms with Crippen molar-refractivity contribution in [1.82, 2.24) is 15.5 Å². The van der Waals surface area contributed by atoms with Crippen molar-refractivity contribution in [3.05, 3.63) is 95.1 Å². The van der Waals surface area contributed by atoms with Crippen LogP contribution in [0.1, 0.15) is 106 Å². The molecular formula is C41H55N3O5. The summed E-state index contributed by atoms with van der Waals surface area (Å²) < 4.78 is 13.5. The minimum atomic E-state index is -0.500. The van der Waals surface area contributed by atoms with Gasteiger partial charge in [0.2, 0.25) is 11.8 Å². The number of rotatable bonds is 14. The smallest absolute Gasteiger partial charge is 0.220 e. The van der Waals surface area contributed by atoms with Crippen LogP contribution in [-0.2, 0) is 32.2 Å². The molecule has 0 aromatic heterocycles. The summed E-state index contributed by atoms with van der Waals surface area (Å²) in [5.74, 6) is 0.178. The number of unbranched alkanes of at least 4 members (excludes halogenated alkanes) is 2. The number of nitrogens with zero attached hydrogens (tertiary/aromatic N) is 1. The Hall–Kier alpha value is -3.56. The van der Waals surface area contributed by atoms with Gasteiger partial charge in [0.15, 0.2) is 6.29 Å². The predicted molar refractivity (Wildman–Crippen MR) is 193 cm³/mol. The van der Waals surface area contributed by atoms with E-state index >= 15 is 0 Å². The zero-order chi connectivity index (χ0) is 34.4. The van der Waals surface area contributed by atoms with Crippen LogP contribution in [0.25, 0.3) is 11.1 Å². The maximum absolute atomic E-state index is 12.6. The van der Waals surface area contributed by atoms with Crippen molar-refractivity contribution in [3.63, 3.8) is 0 Å². The van der Waals surface area contributed by atoms with Gasteiger partial charge in [-0.15, -0.1) is 0 Å². The molecule has 0 aliphatic carbocycles. The lowest BCUT2D eigenvalue weighted by Gasteiger charge is -2.43. The average Bonchev–Trinajstić information content (AvgIpc) is 3.11. The Morgan fingerprint density at radius 3 is 2.22 bits per heavy atom. The number of carbonyl (C=O) groups is 2. The molecule has 49 heavy (non-hydrogen) atoms. The number of likely N-dealkylation sites (tertiary alicyclic amines) is 1. The van der Waals surface area contributed by atoms with Crippen LogP contribution in [0, 0.1) is 5.92 Å². The van der Waals surface area contributed by atoms with Crippen LogP contribution in [0.3, 0.4) is 0 Å². The zero-order valence-electron chi connectivity index (χ0n) is 29.4. The number of benzene rings is 3. The molecule has 2 amide bonds. The van der Waals surface area contributed by atoms with Crippen molar-refractivity contribution in [2.45, 2.75) is 103 Å². The van der Waals surface area contributed by atoms with Crippen LogP contribution in [0.4, 0.5) is 0 Å². The summed E-state index contributed by atoms with van der Waals surface area (Å²) in [6.07, 6.45) is 8.84. The predicted octanol–water partition coefficient (Wildman–Crippen LogP) is 7.22. The van der Waals surface area contributed by atoms with Gasteiger partial charge in [-0.05, 0) is 66.6 Å². The van der Waals surface area contributed by atoms with E-state index in [0.717, 1.165) is 72.3 Å². The van der Waals surface area contributed by atoms with Gasteiger partial charge in [0.05, 0.1) is 18.8 Å². The van der Waals surface area contributed by atoms with Crippen LogP contribution in [0.15, 0.2) is 72.8 Å². The van der Waals surface area contributed by atoms with Gasteiger partial charge in [-0.1, -0.05) is 105 Å². The van der Waals surface area contributed by atoms with Crippen LogP contribution in [0.5, 0.6) is 0 Å². The lowest BCUT2D eigenvalue weighted by molar-refractivity contribution is -0.276. The summed E-state index contributed by atoms with van der Waals surface area (Å²) >= 11 is 0. The van der Waals surface area contributed by atoms with E-state index in [-0.39, 0.29) is 36.5 Å². The van der Waals surface area contributed by atoms with Gasteiger partial charge in [-0.25, -0.2) is 0 Å². The molecule has 0 radical (unpaired) electrons. The molecule has 3 aromatic rings. The molecule has 8 nitrogen and oxygen atoms in total. The van der Waals surface area contributed by atoms with Crippen LogP contribution >= 0.6 is 0 Å². The van der Waals surface area contributed by atoms with Crippen molar-refractivity contribution >= 4 is 11.8 Å². The van der Waals surface area contributed by atoms with E-state index in [0.29, 0.717) is 19.5 Å². The zero-order valence-corrected chi connectivity index (χ0v) is 29.4. The highest BCUT2D eigenvalue weighted by atomic mass is 16.7. The first-order valence-electron chi connectivity index (χ1n) is 18.3. The number of nitrogens with one attached hydrogen (secondary N) is 2. The van der Waals surface area contributed by atoms with E-state index in [9.17, 15) is 14.7 Å². The number of ether oxygens (including phenoxy) is 2. The summed E-state index contributed by atoms with van der Waals surface area (Å²) in [4.78, 5) is 26.2. The fourth-order valence-corrected chi connectivity index (χ4v) is 6.99. The van der Waals surface area contributed by atoms with Crippen LogP contribution < -0.4 is 10.6 Å². The Bertz CT molecular complexity index is 1450. The van der Waals surface area contributed by atoms with E-state index in [1.165, 1.54) is 39.0 Å². The van der Waals surface area contributed by atoms with Crippen molar-refractivity contribution in [2.24, 2.45) is 5.92 Å². The summed E-state index contributed by atoms with van der Waals surface area (Å²) in [6, 6.07) is 24.8. The number of hydrogen-bond acceptors (Lipinski definition) is 6. The fourth-order valence-electron chi connectivity index (χ4n) is 6.99. The van der Waals surface area contributed by atoms with Gasteiger partial charge in [0.25, 0.3) is 0 Å². The molecule has 0 bridgehead atoms. The first-order valence-corrected chi connectivity index (χ1v) is 18.3. The lowest BCUT2D eigenvalue weighted by atomic mass is 9.89. The second-order valence-corrected chi connectivity index (χ2v) is 13.7. The van der Waals surface area contributed by atoms with Crippen molar-refractivity contribution < 1.29 is 24.2 Å². The quantitative estimate of drug-likeness (QED) is 0.157. The third kappa shape index (κ3) is 11.0. The topological polar surface area (TPSA) is 100 Å². The maximum atomic E-state index is 12.6. The molecule has 4 atom stereocenters. The Labute approximate surface area is 292 Å². The Morgan fingerprint density at radius 1 is 0.816 bits per heavy atom. The number of carbonyl (C=O) groups excluding carboxylic acids is 2. The summed E-state index contributed by atoms with van der Waals surface area (Å²) in [7, 11) is 0.